The molecule has 0 atom stereocenters. The van der Waals surface area contributed by atoms with E-state index in [4.69, 9.17) is 4.74 Å². The van der Waals surface area contributed by atoms with E-state index in [0.29, 0.717) is 10.9 Å². The van der Waals surface area contributed by atoms with E-state index in [2.05, 4.69) is 15.3 Å². The first-order chi connectivity index (χ1) is 11.7. The molecular formula is C16H16N4O2S2. The number of anilines is 1. The van der Waals surface area contributed by atoms with E-state index in [1.165, 1.54) is 23.1 Å². The molecule has 2 aromatic heterocycles. The predicted octanol–water partition coefficient (Wildman–Crippen LogP) is 3.28. The number of thiazole rings is 1. The predicted molar refractivity (Wildman–Crippen MR) is 96.7 cm³/mol. The number of aryl methyl sites for hydroxylation is 1. The van der Waals surface area contributed by atoms with E-state index in [0.717, 1.165) is 22.2 Å². The van der Waals surface area contributed by atoms with Crippen LogP contribution in [0.4, 0.5) is 5.13 Å². The van der Waals surface area contributed by atoms with Gasteiger partial charge < -0.3 is 14.6 Å². The number of methoxy groups -OCH3 is 1. The van der Waals surface area contributed by atoms with Crippen molar-refractivity contribution in [1.82, 2.24) is 14.5 Å². The third-order valence-electron chi connectivity index (χ3n) is 3.25. The van der Waals surface area contributed by atoms with Crippen molar-refractivity contribution in [2.24, 2.45) is 7.05 Å². The third-order valence-corrected chi connectivity index (χ3v) is 5.06. The highest BCUT2D eigenvalue weighted by atomic mass is 32.2. The van der Waals surface area contributed by atoms with Gasteiger partial charge in [-0.25, -0.2) is 9.97 Å². The van der Waals surface area contributed by atoms with E-state index >= 15 is 0 Å². The lowest BCUT2D eigenvalue weighted by Gasteiger charge is -2.02. The Morgan fingerprint density at radius 3 is 2.83 bits per heavy atom. The van der Waals surface area contributed by atoms with Crippen LogP contribution in [0, 0.1) is 0 Å². The summed E-state index contributed by atoms with van der Waals surface area (Å²) < 4.78 is 7.02. The molecule has 0 bridgehead atoms. The quantitative estimate of drug-likeness (QED) is 0.683. The summed E-state index contributed by atoms with van der Waals surface area (Å²) in [5.74, 6) is 0.995. The Labute approximate surface area is 147 Å². The number of ether oxygens (including phenoxy) is 1. The second-order valence-electron chi connectivity index (χ2n) is 4.92. The highest BCUT2D eigenvalue weighted by Crippen LogP contribution is 2.26. The fourth-order valence-electron chi connectivity index (χ4n) is 2.00. The van der Waals surface area contributed by atoms with Crippen LogP contribution in [0.5, 0.6) is 5.75 Å². The van der Waals surface area contributed by atoms with Crippen LogP contribution in [0.25, 0.3) is 11.3 Å². The first kappa shape index (κ1) is 16.5. The van der Waals surface area contributed by atoms with Gasteiger partial charge in [-0.1, -0.05) is 11.8 Å². The molecule has 0 saturated carbocycles. The molecule has 0 spiro atoms. The highest BCUT2D eigenvalue weighted by molar-refractivity contribution is 7.99. The number of nitrogens with one attached hydrogen (secondary N) is 1. The summed E-state index contributed by atoms with van der Waals surface area (Å²) in [6.07, 6.45) is 3.56. The Hall–Kier alpha value is -2.32. The molecule has 24 heavy (non-hydrogen) atoms. The van der Waals surface area contributed by atoms with Gasteiger partial charge in [0.25, 0.3) is 0 Å². The molecule has 0 radical (unpaired) electrons. The second kappa shape index (κ2) is 7.50. The van der Waals surface area contributed by atoms with Gasteiger partial charge >= 0.3 is 0 Å². The summed E-state index contributed by atoms with van der Waals surface area (Å²) in [7, 11) is 3.53. The number of amides is 1. The molecule has 0 aliphatic carbocycles. The molecule has 6 nitrogen and oxygen atoms in total. The van der Waals surface area contributed by atoms with Crippen LogP contribution in [0.15, 0.2) is 47.2 Å². The fraction of sp³-hybridized carbons (Fsp3) is 0.188. The number of benzene rings is 1. The Balaban J connectivity index is 1.58. The van der Waals surface area contributed by atoms with Crippen LogP contribution >= 0.6 is 23.1 Å². The van der Waals surface area contributed by atoms with Crippen molar-refractivity contribution >= 4 is 34.1 Å². The number of carbonyl (C=O) groups excluding carboxylic acids is 1. The minimum atomic E-state index is -0.0985. The molecular weight excluding hydrogens is 344 g/mol. The lowest BCUT2D eigenvalue weighted by molar-refractivity contribution is -0.113. The molecule has 1 amide bonds. The maximum Gasteiger partial charge on any atom is 0.236 e. The minimum Gasteiger partial charge on any atom is -0.497 e. The van der Waals surface area contributed by atoms with Crippen LogP contribution in [0.1, 0.15) is 0 Å². The van der Waals surface area contributed by atoms with Crippen molar-refractivity contribution in [2.45, 2.75) is 5.16 Å². The van der Waals surface area contributed by atoms with Crippen LogP contribution in [-0.2, 0) is 11.8 Å². The smallest absolute Gasteiger partial charge is 0.236 e. The number of hydrogen-bond donors (Lipinski definition) is 1. The summed E-state index contributed by atoms with van der Waals surface area (Å²) in [6, 6.07) is 7.65. The number of imidazole rings is 1. The Morgan fingerprint density at radius 2 is 2.17 bits per heavy atom. The van der Waals surface area contributed by atoms with Crippen LogP contribution in [-0.4, -0.2) is 33.3 Å². The largest absolute Gasteiger partial charge is 0.497 e. The number of nitrogens with zero attached hydrogens (tertiary/aromatic N) is 3. The summed E-state index contributed by atoms with van der Waals surface area (Å²) in [6.45, 7) is 0. The van der Waals surface area contributed by atoms with Gasteiger partial charge in [-0.15, -0.1) is 11.3 Å². The van der Waals surface area contributed by atoms with E-state index in [-0.39, 0.29) is 5.91 Å². The molecule has 0 saturated heterocycles. The van der Waals surface area contributed by atoms with Crippen LogP contribution in [0.2, 0.25) is 0 Å². The van der Waals surface area contributed by atoms with Gasteiger partial charge in [0.05, 0.1) is 18.6 Å². The number of rotatable bonds is 6. The molecule has 0 fully saturated rings. The molecule has 3 rings (SSSR count). The summed E-state index contributed by atoms with van der Waals surface area (Å²) in [4.78, 5) is 20.7. The lowest BCUT2D eigenvalue weighted by atomic mass is 10.2. The van der Waals surface area contributed by atoms with Crippen molar-refractivity contribution in [3.8, 4) is 17.0 Å². The first-order valence-corrected chi connectivity index (χ1v) is 9.02. The first-order valence-electron chi connectivity index (χ1n) is 7.15. The normalized spacial score (nSPS) is 10.6. The Morgan fingerprint density at radius 1 is 1.38 bits per heavy atom. The minimum absolute atomic E-state index is 0.0985. The van der Waals surface area contributed by atoms with Gasteiger partial charge in [-0.05, 0) is 24.3 Å². The standard InChI is InChI=1S/C16H16N4O2S2/c1-20-8-7-17-16(20)24-10-14(21)19-15-18-13(9-23-15)11-3-5-12(22-2)6-4-11/h3-9H,10H2,1-2H3,(H,18,19,21). The zero-order chi connectivity index (χ0) is 16.9. The van der Waals surface area contributed by atoms with Crippen molar-refractivity contribution in [3.63, 3.8) is 0 Å². The van der Waals surface area contributed by atoms with E-state index in [1.54, 1.807) is 13.3 Å². The molecule has 1 N–H and O–H groups in total. The summed E-state index contributed by atoms with van der Waals surface area (Å²) in [5, 5.41) is 6.14. The molecule has 0 aliphatic rings. The molecule has 0 unspecified atom stereocenters. The zero-order valence-electron chi connectivity index (χ0n) is 13.2. The van der Waals surface area contributed by atoms with E-state index in [1.807, 2.05) is 47.5 Å². The van der Waals surface area contributed by atoms with Gasteiger partial charge in [0, 0.05) is 30.4 Å². The number of carbonyl (C=O) groups is 1. The molecule has 0 aliphatic heterocycles. The van der Waals surface area contributed by atoms with Crippen molar-refractivity contribution in [2.75, 3.05) is 18.2 Å². The third kappa shape index (κ3) is 3.95. The van der Waals surface area contributed by atoms with Crippen LogP contribution < -0.4 is 10.1 Å². The van der Waals surface area contributed by atoms with Crippen LogP contribution in [0.3, 0.4) is 0 Å². The zero-order valence-corrected chi connectivity index (χ0v) is 14.9. The van der Waals surface area contributed by atoms with Gasteiger partial charge in [0.1, 0.15) is 5.75 Å². The van der Waals surface area contributed by atoms with Crippen molar-refractivity contribution in [1.29, 1.82) is 0 Å². The van der Waals surface area contributed by atoms with Gasteiger partial charge in [0.15, 0.2) is 10.3 Å². The van der Waals surface area contributed by atoms with Crippen molar-refractivity contribution in [3.05, 3.63) is 42.0 Å². The molecule has 8 heteroatoms. The highest BCUT2D eigenvalue weighted by Gasteiger charge is 2.10. The number of hydrogen-bond acceptors (Lipinski definition) is 6. The summed E-state index contributed by atoms with van der Waals surface area (Å²) >= 11 is 2.80. The molecule has 2 heterocycles. The molecule has 124 valence electrons. The Kier molecular flexibility index (Phi) is 5.17. The maximum atomic E-state index is 12.0. The molecule has 3 aromatic rings. The lowest BCUT2D eigenvalue weighted by Crippen LogP contribution is -2.14. The van der Waals surface area contributed by atoms with Gasteiger partial charge in [-0.3, -0.25) is 4.79 Å². The second-order valence-corrected chi connectivity index (χ2v) is 6.72. The maximum absolute atomic E-state index is 12.0. The topological polar surface area (TPSA) is 69.0 Å². The average Bonchev–Trinajstić information content (AvgIpc) is 3.22. The van der Waals surface area contributed by atoms with Crippen molar-refractivity contribution < 1.29 is 9.53 Å². The number of aromatic nitrogens is 3. The van der Waals surface area contributed by atoms with Gasteiger partial charge in [-0.2, -0.15) is 0 Å². The SMILES string of the molecule is COc1ccc(-c2csc(NC(=O)CSc3nccn3C)n2)cc1. The number of thioether (sulfide) groups is 1. The fourth-order valence-corrected chi connectivity index (χ4v) is 3.47. The van der Waals surface area contributed by atoms with E-state index < -0.39 is 0 Å². The summed E-state index contributed by atoms with van der Waals surface area (Å²) in [5.41, 5.74) is 1.81. The van der Waals surface area contributed by atoms with E-state index in [9.17, 15) is 4.79 Å². The average molecular weight is 360 g/mol. The Bertz CT molecular complexity index is 827. The molecule has 1 aromatic carbocycles. The monoisotopic (exact) mass is 360 g/mol. The van der Waals surface area contributed by atoms with Gasteiger partial charge in [0.2, 0.25) is 5.91 Å².